The Morgan fingerprint density at radius 3 is 2.32 bits per heavy atom. The maximum Gasteiger partial charge on any atom is 0.233 e. The zero-order chi connectivity index (χ0) is 18.4. The molecular formula is C20H23BrN2OS. The fourth-order valence-corrected chi connectivity index (χ4v) is 3.10. The predicted molar refractivity (Wildman–Crippen MR) is 112 cm³/mol. The molecule has 0 saturated heterocycles. The predicted octanol–water partition coefficient (Wildman–Crippen LogP) is 5.26. The summed E-state index contributed by atoms with van der Waals surface area (Å²) in [5, 5.41) is 6.08. The monoisotopic (exact) mass is 418 g/mol. The summed E-state index contributed by atoms with van der Waals surface area (Å²) < 4.78 is 0.889. The molecule has 0 bridgehead atoms. The second-order valence-electron chi connectivity index (χ2n) is 6.48. The Morgan fingerprint density at radius 2 is 1.72 bits per heavy atom. The zero-order valence-electron chi connectivity index (χ0n) is 14.7. The number of halogens is 1. The molecule has 2 aromatic rings. The minimum absolute atomic E-state index is 0.124. The summed E-state index contributed by atoms with van der Waals surface area (Å²) in [5.41, 5.74) is 3.09. The molecular weight excluding hydrogens is 396 g/mol. The van der Waals surface area contributed by atoms with Crippen molar-refractivity contribution >= 4 is 44.9 Å². The van der Waals surface area contributed by atoms with Crippen molar-refractivity contribution in [2.24, 2.45) is 5.92 Å². The molecule has 5 heteroatoms. The van der Waals surface area contributed by atoms with Gasteiger partial charge in [0.2, 0.25) is 5.91 Å². The van der Waals surface area contributed by atoms with E-state index in [1.54, 1.807) is 0 Å². The Morgan fingerprint density at radius 1 is 1.08 bits per heavy atom. The molecule has 25 heavy (non-hydrogen) atoms. The maximum absolute atomic E-state index is 12.4. The van der Waals surface area contributed by atoms with Crippen molar-refractivity contribution in [3.05, 3.63) is 64.1 Å². The van der Waals surface area contributed by atoms with Crippen LogP contribution in [0.3, 0.4) is 0 Å². The van der Waals surface area contributed by atoms with E-state index in [-0.39, 0.29) is 11.8 Å². The molecule has 0 radical (unpaired) electrons. The van der Waals surface area contributed by atoms with E-state index >= 15 is 0 Å². The lowest BCUT2D eigenvalue weighted by Crippen LogP contribution is -2.36. The fourth-order valence-electron chi connectivity index (χ4n) is 2.50. The summed E-state index contributed by atoms with van der Waals surface area (Å²) in [4.78, 5) is 12.4. The zero-order valence-corrected chi connectivity index (χ0v) is 17.1. The molecule has 2 rings (SSSR count). The molecule has 1 atom stereocenters. The van der Waals surface area contributed by atoms with Crippen molar-refractivity contribution in [2.45, 2.75) is 33.1 Å². The number of hydrogen-bond donors (Lipinski definition) is 2. The molecule has 0 spiro atoms. The average Bonchev–Trinajstić information content (AvgIpc) is 2.56. The third-order valence-corrected chi connectivity index (χ3v) is 4.77. The number of nitrogens with one attached hydrogen (secondary N) is 2. The third-order valence-electron chi connectivity index (χ3n) is 3.88. The molecule has 1 amide bonds. The van der Waals surface area contributed by atoms with E-state index in [1.165, 1.54) is 5.56 Å². The van der Waals surface area contributed by atoms with E-state index in [0.29, 0.717) is 11.0 Å². The summed E-state index contributed by atoms with van der Waals surface area (Å²) in [5.74, 6) is 0.223. The van der Waals surface area contributed by atoms with Crippen molar-refractivity contribution in [3.63, 3.8) is 0 Å². The molecule has 1 unspecified atom stereocenters. The van der Waals surface area contributed by atoms with Gasteiger partial charge in [-0.15, -0.1) is 0 Å². The minimum Gasteiger partial charge on any atom is -0.331 e. The Kier molecular flexibility index (Phi) is 7.14. The lowest BCUT2D eigenvalue weighted by Gasteiger charge is -2.15. The van der Waals surface area contributed by atoms with Gasteiger partial charge in [0.1, 0.15) is 0 Å². The minimum atomic E-state index is -0.271. The van der Waals surface area contributed by atoms with E-state index in [2.05, 4.69) is 52.5 Å². The van der Waals surface area contributed by atoms with Gasteiger partial charge >= 0.3 is 0 Å². The number of amides is 1. The number of carbonyl (C=O) groups is 1. The van der Waals surface area contributed by atoms with Gasteiger partial charge in [0.25, 0.3) is 0 Å². The Bertz CT molecular complexity index is 744. The SMILES string of the molecule is CC(C)Cc1ccc(C(C)C(=O)NC(=S)Nc2ccccc2Br)cc1. The Labute approximate surface area is 163 Å². The van der Waals surface area contributed by atoms with Gasteiger partial charge in [0, 0.05) is 4.47 Å². The second-order valence-corrected chi connectivity index (χ2v) is 7.75. The van der Waals surface area contributed by atoms with Crippen LogP contribution in [0.25, 0.3) is 0 Å². The summed E-state index contributed by atoms with van der Waals surface area (Å²) >= 11 is 8.69. The quantitative estimate of drug-likeness (QED) is 0.650. The largest absolute Gasteiger partial charge is 0.331 e. The van der Waals surface area contributed by atoms with Crippen molar-refractivity contribution < 1.29 is 4.79 Å². The van der Waals surface area contributed by atoms with E-state index in [0.717, 1.165) is 22.1 Å². The smallest absolute Gasteiger partial charge is 0.233 e. The molecule has 132 valence electrons. The van der Waals surface area contributed by atoms with Crippen LogP contribution >= 0.6 is 28.1 Å². The highest BCUT2D eigenvalue weighted by molar-refractivity contribution is 9.10. The molecule has 0 fully saturated rings. The van der Waals surface area contributed by atoms with Crippen LogP contribution in [0, 0.1) is 5.92 Å². The van der Waals surface area contributed by atoms with Crippen LogP contribution in [-0.2, 0) is 11.2 Å². The van der Waals surface area contributed by atoms with Crippen LogP contribution in [0.2, 0.25) is 0 Å². The number of rotatable bonds is 5. The Balaban J connectivity index is 1.95. The maximum atomic E-state index is 12.4. The van der Waals surface area contributed by atoms with Gasteiger partial charge in [-0.25, -0.2) is 0 Å². The number of anilines is 1. The first kappa shape index (κ1) is 19.6. The third kappa shape index (κ3) is 5.94. The molecule has 3 nitrogen and oxygen atoms in total. The van der Waals surface area contributed by atoms with E-state index in [1.807, 2.05) is 43.3 Å². The molecule has 0 aliphatic carbocycles. The molecule has 2 N–H and O–H groups in total. The van der Waals surface area contributed by atoms with E-state index in [4.69, 9.17) is 12.2 Å². The summed E-state index contributed by atoms with van der Waals surface area (Å²) in [7, 11) is 0. The van der Waals surface area contributed by atoms with Crippen molar-refractivity contribution in [2.75, 3.05) is 5.32 Å². The lowest BCUT2D eigenvalue weighted by molar-refractivity contribution is -0.120. The van der Waals surface area contributed by atoms with Gasteiger partial charge in [0.05, 0.1) is 11.6 Å². The summed E-state index contributed by atoms with van der Waals surface area (Å²) in [6, 6.07) is 15.8. The van der Waals surface area contributed by atoms with Gasteiger partial charge < -0.3 is 10.6 Å². The molecule has 2 aromatic carbocycles. The second kappa shape index (κ2) is 9.11. The molecule has 0 aliphatic rings. The van der Waals surface area contributed by atoms with Crippen LogP contribution in [0.1, 0.15) is 37.8 Å². The van der Waals surface area contributed by atoms with Gasteiger partial charge in [-0.05, 0) is 70.7 Å². The number of hydrogen-bond acceptors (Lipinski definition) is 2. The summed E-state index contributed by atoms with van der Waals surface area (Å²) in [6.45, 7) is 6.28. The van der Waals surface area contributed by atoms with Gasteiger partial charge in [-0.2, -0.15) is 0 Å². The average molecular weight is 419 g/mol. The number of thiocarbonyl (C=S) groups is 1. The topological polar surface area (TPSA) is 41.1 Å². The molecule has 0 saturated carbocycles. The number of para-hydroxylation sites is 1. The lowest BCUT2D eigenvalue weighted by atomic mass is 9.96. The molecule has 0 aromatic heterocycles. The van der Waals surface area contributed by atoms with Crippen molar-refractivity contribution in [1.82, 2.24) is 5.32 Å². The van der Waals surface area contributed by atoms with Crippen LogP contribution < -0.4 is 10.6 Å². The van der Waals surface area contributed by atoms with Crippen LogP contribution in [-0.4, -0.2) is 11.0 Å². The van der Waals surface area contributed by atoms with Crippen LogP contribution in [0.4, 0.5) is 5.69 Å². The van der Waals surface area contributed by atoms with Gasteiger partial charge in [-0.1, -0.05) is 50.2 Å². The fraction of sp³-hybridized carbons (Fsp3) is 0.300. The molecule has 0 heterocycles. The van der Waals surface area contributed by atoms with Crippen LogP contribution in [0.15, 0.2) is 53.0 Å². The van der Waals surface area contributed by atoms with Crippen molar-refractivity contribution in [1.29, 1.82) is 0 Å². The highest BCUT2D eigenvalue weighted by Crippen LogP contribution is 2.21. The number of carbonyl (C=O) groups excluding carboxylic acids is 1. The van der Waals surface area contributed by atoms with Gasteiger partial charge in [-0.3, -0.25) is 4.79 Å². The van der Waals surface area contributed by atoms with Crippen molar-refractivity contribution in [3.8, 4) is 0 Å². The van der Waals surface area contributed by atoms with Gasteiger partial charge in [0.15, 0.2) is 5.11 Å². The first-order valence-corrected chi connectivity index (χ1v) is 9.52. The first-order chi connectivity index (χ1) is 11.9. The highest BCUT2D eigenvalue weighted by atomic mass is 79.9. The standard InChI is InChI=1S/C20H23BrN2OS/c1-13(2)12-15-8-10-16(11-9-15)14(3)19(24)23-20(25)22-18-7-5-4-6-17(18)21/h4-11,13-14H,12H2,1-3H3,(H2,22,23,24,25). The van der Waals surface area contributed by atoms with Crippen LogP contribution in [0.5, 0.6) is 0 Å². The Hall–Kier alpha value is -1.72. The highest BCUT2D eigenvalue weighted by Gasteiger charge is 2.16. The van der Waals surface area contributed by atoms with E-state index in [9.17, 15) is 4.79 Å². The van der Waals surface area contributed by atoms with E-state index < -0.39 is 0 Å². The summed E-state index contributed by atoms with van der Waals surface area (Å²) in [6.07, 6.45) is 1.04. The number of benzene rings is 2. The molecule has 0 aliphatic heterocycles. The first-order valence-electron chi connectivity index (χ1n) is 8.32. The normalized spacial score (nSPS) is 11.9.